The lowest BCUT2D eigenvalue weighted by Crippen LogP contribution is -2.53. The Labute approximate surface area is 225 Å². The zero-order valence-corrected chi connectivity index (χ0v) is 23.1. The van der Waals surface area contributed by atoms with Crippen molar-refractivity contribution < 1.29 is 27.5 Å². The molecule has 1 N–H and O–H groups in total. The van der Waals surface area contributed by atoms with E-state index in [1.165, 1.54) is 4.90 Å². The summed E-state index contributed by atoms with van der Waals surface area (Å²) in [6.45, 7) is 4.35. The summed E-state index contributed by atoms with van der Waals surface area (Å²) in [6.07, 6.45) is 5.48. The Bertz CT molecular complexity index is 1240. The summed E-state index contributed by atoms with van der Waals surface area (Å²) in [6, 6.07) is 11.9. The maximum atomic E-state index is 13.9. The number of carbonyl (C=O) groups excluding carboxylic acids is 2. The van der Waals surface area contributed by atoms with Gasteiger partial charge in [-0.25, -0.2) is 8.42 Å². The van der Waals surface area contributed by atoms with Crippen molar-refractivity contribution in [1.29, 1.82) is 0 Å². The molecule has 0 saturated heterocycles. The molecular formula is C28H37N3O6S. The third-order valence-corrected chi connectivity index (χ3v) is 8.19. The van der Waals surface area contributed by atoms with E-state index in [1.54, 1.807) is 18.2 Å². The predicted molar refractivity (Wildman–Crippen MR) is 146 cm³/mol. The molecule has 10 heteroatoms. The minimum Gasteiger partial charge on any atom is -0.486 e. The number of sulfonamides is 1. The van der Waals surface area contributed by atoms with Crippen LogP contribution in [0.25, 0.3) is 0 Å². The maximum absolute atomic E-state index is 13.9. The summed E-state index contributed by atoms with van der Waals surface area (Å²) in [7, 11) is -3.83. The molecule has 38 heavy (non-hydrogen) atoms. The smallest absolute Gasteiger partial charge is 0.244 e. The highest BCUT2D eigenvalue weighted by molar-refractivity contribution is 7.92. The number of nitrogens with one attached hydrogen (secondary N) is 1. The fourth-order valence-corrected chi connectivity index (χ4v) is 5.82. The van der Waals surface area contributed by atoms with Crippen molar-refractivity contribution in [2.45, 2.75) is 64.6 Å². The first kappa shape index (κ1) is 27.8. The predicted octanol–water partition coefficient (Wildman–Crippen LogP) is 3.40. The van der Waals surface area contributed by atoms with Crippen LogP contribution in [0.15, 0.2) is 42.5 Å². The van der Waals surface area contributed by atoms with Gasteiger partial charge in [0.1, 0.15) is 25.8 Å². The highest BCUT2D eigenvalue weighted by Crippen LogP contribution is 2.34. The number of ether oxygens (including phenoxy) is 2. The van der Waals surface area contributed by atoms with Crippen LogP contribution in [-0.2, 0) is 26.2 Å². The van der Waals surface area contributed by atoms with E-state index in [4.69, 9.17) is 9.47 Å². The Hall–Kier alpha value is -3.27. The molecule has 1 fully saturated rings. The quantitative estimate of drug-likeness (QED) is 0.493. The Morgan fingerprint density at radius 2 is 1.68 bits per heavy atom. The third kappa shape index (κ3) is 6.78. The van der Waals surface area contributed by atoms with Gasteiger partial charge in [-0.15, -0.1) is 0 Å². The van der Waals surface area contributed by atoms with E-state index in [0.717, 1.165) is 47.4 Å². The molecule has 1 aliphatic heterocycles. The second-order valence-corrected chi connectivity index (χ2v) is 11.9. The van der Waals surface area contributed by atoms with Crippen molar-refractivity contribution in [3.63, 3.8) is 0 Å². The first-order chi connectivity index (χ1) is 18.2. The molecule has 1 unspecified atom stereocenters. The lowest BCUT2D eigenvalue weighted by atomic mass is 10.1. The maximum Gasteiger partial charge on any atom is 0.244 e. The third-order valence-electron chi connectivity index (χ3n) is 7.05. The number of amides is 2. The molecule has 4 rings (SSSR count). The Balaban J connectivity index is 1.62. The molecule has 9 nitrogen and oxygen atoms in total. The van der Waals surface area contributed by atoms with E-state index >= 15 is 0 Å². The second-order valence-electron chi connectivity index (χ2n) is 10.0. The van der Waals surface area contributed by atoms with E-state index in [9.17, 15) is 18.0 Å². The number of aryl methyl sites for hydroxylation is 1. The number of hydrogen-bond donors (Lipinski definition) is 1. The molecule has 0 aromatic heterocycles. The molecule has 1 aliphatic carbocycles. The van der Waals surface area contributed by atoms with Crippen LogP contribution >= 0.6 is 0 Å². The molecule has 0 spiro atoms. The molecule has 2 aromatic carbocycles. The SMILES string of the molecule is CCC(C(=O)NC1CCCC1)N(Cc1ccc(C)cc1)C(=O)CN(c1ccc2c(c1)OCCO2)S(C)(=O)=O. The number of benzene rings is 2. The fraction of sp³-hybridized carbons (Fsp3) is 0.500. The van der Waals surface area contributed by atoms with E-state index in [1.807, 2.05) is 38.1 Å². The average Bonchev–Trinajstić information content (AvgIpc) is 3.40. The molecule has 206 valence electrons. The molecule has 1 atom stereocenters. The number of anilines is 1. The molecule has 1 heterocycles. The van der Waals surface area contributed by atoms with Gasteiger partial charge in [-0.2, -0.15) is 0 Å². The van der Waals surface area contributed by atoms with Gasteiger partial charge in [0.2, 0.25) is 21.8 Å². The van der Waals surface area contributed by atoms with Gasteiger partial charge < -0.3 is 19.7 Å². The summed E-state index contributed by atoms with van der Waals surface area (Å²) in [5, 5.41) is 3.11. The zero-order valence-electron chi connectivity index (χ0n) is 22.3. The van der Waals surface area contributed by atoms with Gasteiger partial charge in [-0.1, -0.05) is 49.6 Å². The minimum absolute atomic E-state index is 0.109. The number of nitrogens with zero attached hydrogens (tertiary/aromatic N) is 2. The summed E-state index contributed by atoms with van der Waals surface area (Å²) >= 11 is 0. The summed E-state index contributed by atoms with van der Waals surface area (Å²) < 4.78 is 38.0. The molecule has 2 aliphatic rings. The van der Waals surface area contributed by atoms with E-state index in [-0.39, 0.29) is 18.5 Å². The van der Waals surface area contributed by atoms with Crippen molar-refractivity contribution in [2.24, 2.45) is 0 Å². The van der Waals surface area contributed by atoms with Gasteiger partial charge in [0.25, 0.3) is 0 Å². The standard InChI is InChI=1S/C28H37N3O6S/c1-4-24(28(33)29-22-7-5-6-8-22)30(18-21-11-9-20(2)10-12-21)27(32)19-31(38(3,34)35)23-13-14-25-26(17-23)37-16-15-36-25/h9-14,17,22,24H,4-8,15-16,18-19H2,1-3H3,(H,29,33). The molecule has 1 saturated carbocycles. The summed E-state index contributed by atoms with van der Waals surface area (Å²) in [5.74, 6) is 0.286. The van der Waals surface area contributed by atoms with Crippen LogP contribution in [0, 0.1) is 6.92 Å². The van der Waals surface area contributed by atoms with Crippen LogP contribution in [0.3, 0.4) is 0 Å². The van der Waals surface area contributed by atoms with Crippen molar-refractivity contribution in [3.8, 4) is 11.5 Å². The van der Waals surface area contributed by atoms with E-state index in [0.29, 0.717) is 36.8 Å². The summed E-state index contributed by atoms with van der Waals surface area (Å²) in [4.78, 5) is 28.7. The summed E-state index contributed by atoms with van der Waals surface area (Å²) in [5.41, 5.74) is 2.24. The first-order valence-corrected chi connectivity index (χ1v) is 15.0. The second kappa shape index (κ2) is 12.1. The number of fused-ring (bicyclic) bond motifs is 1. The van der Waals surface area contributed by atoms with Gasteiger partial charge in [0, 0.05) is 18.7 Å². The number of rotatable bonds is 10. The Morgan fingerprint density at radius 3 is 2.32 bits per heavy atom. The molecule has 0 radical (unpaired) electrons. The van der Waals surface area contributed by atoms with E-state index in [2.05, 4.69) is 5.32 Å². The Kier molecular flexibility index (Phi) is 8.81. The highest BCUT2D eigenvalue weighted by atomic mass is 32.2. The minimum atomic E-state index is -3.83. The fourth-order valence-electron chi connectivity index (χ4n) is 4.98. The van der Waals surface area contributed by atoms with Crippen molar-refractivity contribution in [2.75, 3.05) is 30.3 Å². The van der Waals surface area contributed by atoms with Crippen LogP contribution in [-0.4, -0.2) is 63.2 Å². The zero-order chi connectivity index (χ0) is 27.3. The van der Waals surface area contributed by atoms with Gasteiger partial charge >= 0.3 is 0 Å². The van der Waals surface area contributed by atoms with Gasteiger partial charge in [0.05, 0.1) is 11.9 Å². The largest absolute Gasteiger partial charge is 0.486 e. The van der Waals surface area contributed by atoms with E-state index < -0.39 is 28.5 Å². The van der Waals surface area contributed by atoms with Gasteiger partial charge in [-0.3, -0.25) is 13.9 Å². The number of carbonyl (C=O) groups is 2. The molecule has 0 bridgehead atoms. The number of hydrogen-bond acceptors (Lipinski definition) is 6. The van der Waals surface area contributed by atoms with Crippen molar-refractivity contribution in [3.05, 3.63) is 53.6 Å². The van der Waals surface area contributed by atoms with Gasteiger partial charge in [0.15, 0.2) is 11.5 Å². The first-order valence-electron chi connectivity index (χ1n) is 13.2. The van der Waals surface area contributed by atoms with Crippen LogP contribution < -0.4 is 19.1 Å². The normalized spacial score (nSPS) is 16.1. The monoisotopic (exact) mass is 543 g/mol. The molecular weight excluding hydrogens is 506 g/mol. The average molecular weight is 544 g/mol. The van der Waals surface area contributed by atoms with Crippen molar-refractivity contribution >= 4 is 27.5 Å². The van der Waals surface area contributed by atoms with Gasteiger partial charge in [-0.05, 0) is 43.9 Å². The molecule has 2 amide bonds. The lowest BCUT2D eigenvalue weighted by molar-refractivity contribution is -0.140. The van der Waals surface area contributed by atoms with Crippen LogP contribution in [0.2, 0.25) is 0 Å². The van der Waals surface area contributed by atoms with Crippen molar-refractivity contribution in [1.82, 2.24) is 10.2 Å². The van der Waals surface area contributed by atoms with Crippen LogP contribution in [0.4, 0.5) is 5.69 Å². The Morgan fingerprint density at radius 1 is 1.03 bits per heavy atom. The van der Waals surface area contributed by atoms with Crippen LogP contribution in [0.5, 0.6) is 11.5 Å². The molecule has 2 aromatic rings. The highest BCUT2D eigenvalue weighted by Gasteiger charge is 2.33. The van der Waals surface area contributed by atoms with Crippen LogP contribution in [0.1, 0.15) is 50.2 Å². The topological polar surface area (TPSA) is 105 Å². The lowest BCUT2D eigenvalue weighted by Gasteiger charge is -2.33.